The Balaban J connectivity index is 1.90. The van der Waals surface area contributed by atoms with Crippen LogP contribution in [0.25, 0.3) is 0 Å². The Hall–Kier alpha value is -1.33. The lowest BCUT2D eigenvalue weighted by molar-refractivity contribution is 0.442. The first-order chi connectivity index (χ1) is 8.83. The number of hydrogen-bond acceptors (Lipinski definition) is 1. The van der Waals surface area contributed by atoms with E-state index in [4.69, 9.17) is 5.26 Å². The molecule has 1 aliphatic carbocycles. The van der Waals surface area contributed by atoms with Gasteiger partial charge in [0.2, 0.25) is 0 Å². The first-order valence-electron chi connectivity index (χ1n) is 6.94. The van der Waals surface area contributed by atoms with Gasteiger partial charge in [0.1, 0.15) is 0 Å². The average Bonchev–Trinajstić information content (AvgIpc) is 2.46. The SMILES string of the molecule is C/C=C\[SiH2][C@H]1CC[C@H](c2ccc(C#N)cc2)CC1. The van der Waals surface area contributed by atoms with E-state index in [0.717, 1.165) is 17.0 Å². The van der Waals surface area contributed by atoms with Crippen molar-refractivity contribution in [3.63, 3.8) is 0 Å². The highest BCUT2D eigenvalue weighted by atomic mass is 28.2. The summed E-state index contributed by atoms with van der Waals surface area (Å²) in [6.45, 7) is 2.13. The van der Waals surface area contributed by atoms with E-state index in [9.17, 15) is 0 Å². The van der Waals surface area contributed by atoms with Gasteiger partial charge in [0, 0.05) is 9.52 Å². The van der Waals surface area contributed by atoms with Crippen molar-refractivity contribution < 1.29 is 0 Å². The topological polar surface area (TPSA) is 23.8 Å². The molecule has 1 aromatic rings. The van der Waals surface area contributed by atoms with Gasteiger partial charge in [0.15, 0.2) is 0 Å². The largest absolute Gasteiger partial charge is 0.192 e. The van der Waals surface area contributed by atoms with Gasteiger partial charge < -0.3 is 0 Å². The van der Waals surface area contributed by atoms with E-state index < -0.39 is 0 Å². The molecule has 0 aliphatic heterocycles. The molecular weight excluding hydrogens is 234 g/mol. The van der Waals surface area contributed by atoms with Crippen molar-refractivity contribution in [3.05, 3.63) is 47.2 Å². The van der Waals surface area contributed by atoms with E-state index in [1.165, 1.54) is 31.2 Å². The summed E-state index contributed by atoms with van der Waals surface area (Å²) in [5.41, 5.74) is 5.66. The zero-order valence-electron chi connectivity index (χ0n) is 11.1. The number of benzene rings is 1. The van der Waals surface area contributed by atoms with Crippen molar-refractivity contribution in [1.82, 2.24) is 0 Å². The molecule has 1 saturated carbocycles. The van der Waals surface area contributed by atoms with Crippen LogP contribution in [-0.2, 0) is 0 Å². The van der Waals surface area contributed by atoms with Gasteiger partial charge in [0.05, 0.1) is 11.6 Å². The minimum absolute atomic E-state index is 0.0292. The molecule has 2 rings (SSSR count). The Bertz CT molecular complexity index is 433. The maximum absolute atomic E-state index is 8.80. The summed E-state index contributed by atoms with van der Waals surface area (Å²) < 4.78 is 0. The molecule has 0 radical (unpaired) electrons. The number of nitrogens with zero attached hydrogens (tertiary/aromatic N) is 1. The molecule has 18 heavy (non-hydrogen) atoms. The zero-order valence-corrected chi connectivity index (χ0v) is 12.5. The molecule has 0 spiro atoms. The third-order valence-electron chi connectivity index (χ3n) is 4.06. The van der Waals surface area contributed by atoms with Gasteiger partial charge in [-0.3, -0.25) is 0 Å². The molecule has 2 heteroatoms. The summed E-state index contributed by atoms with van der Waals surface area (Å²) in [5.74, 6) is 0.730. The second-order valence-corrected chi connectivity index (χ2v) is 7.35. The lowest BCUT2D eigenvalue weighted by Gasteiger charge is -2.28. The number of rotatable bonds is 3. The van der Waals surface area contributed by atoms with Crippen LogP contribution in [0.2, 0.25) is 5.54 Å². The highest BCUT2D eigenvalue weighted by Gasteiger charge is 2.21. The Morgan fingerprint density at radius 2 is 1.83 bits per heavy atom. The molecule has 1 aliphatic rings. The van der Waals surface area contributed by atoms with E-state index in [-0.39, 0.29) is 9.52 Å². The van der Waals surface area contributed by atoms with Crippen LogP contribution in [0, 0.1) is 11.3 Å². The molecule has 0 unspecified atom stereocenters. The van der Waals surface area contributed by atoms with Crippen LogP contribution >= 0.6 is 0 Å². The van der Waals surface area contributed by atoms with Crippen LogP contribution in [0.1, 0.15) is 49.7 Å². The molecule has 0 atom stereocenters. The average molecular weight is 255 g/mol. The van der Waals surface area contributed by atoms with Gasteiger partial charge in [-0.05, 0) is 48.9 Å². The quantitative estimate of drug-likeness (QED) is 0.755. The second kappa shape index (κ2) is 6.56. The minimum atomic E-state index is 0.0292. The normalized spacial score (nSPS) is 24.7. The minimum Gasteiger partial charge on any atom is -0.192 e. The van der Waals surface area contributed by atoms with Crippen molar-refractivity contribution in [3.8, 4) is 6.07 Å². The highest BCUT2D eigenvalue weighted by Crippen LogP contribution is 2.38. The maximum Gasteiger partial charge on any atom is 0.0991 e. The summed E-state index contributed by atoms with van der Waals surface area (Å²) in [7, 11) is 0.0292. The van der Waals surface area contributed by atoms with Crippen molar-refractivity contribution in [2.45, 2.75) is 44.1 Å². The van der Waals surface area contributed by atoms with Crippen LogP contribution in [0.3, 0.4) is 0 Å². The first-order valence-corrected chi connectivity index (χ1v) is 8.58. The summed E-state index contributed by atoms with van der Waals surface area (Å²) >= 11 is 0. The van der Waals surface area contributed by atoms with Crippen molar-refractivity contribution >= 4 is 9.52 Å². The lowest BCUT2D eigenvalue weighted by atomic mass is 9.83. The standard InChI is InChI=1S/C16H21NSi/c1-2-11-18-16-9-7-15(8-10-16)14-5-3-13(12-17)4-6-14/h2-6,11,15-16H,7-10,18H2,1H3/b11-2-/t15-,16-. The number of nitriles is 1. The van der Waals surface area contributed by atoms with Crippen molar-refractivity contribution in [1.29, 1.82) is 5.26 Å². The zero-order chi connectivity index (χ0) is 12.8. The van der Waals surface area contributed by atoms with Crippen molar-refractivity contribution in [2.24, 2.45) is 0 Å². The van der Waals surface area contributed by atoms with E-state index in [0.29, 0.717) is 0 Å². The van der Waals surface area contributed by atoms with E-state index in [1.54, 1.807) is 0 Å². The molecule has 0 N–H and O–H groups in total. The van der Waals surface area contributed by atoms with Crippen LogP contribution in [0.15, 0.2) is 36.0 Å². The van der Waals surface area contributed by atoms with Gasteiger partial charge in [-0.25, -0.2) is 0 Å². The van der Waals surface area contributed by atoms with Crippen LogP contribution in [0.5, 0.6) is 0 Å². The molecule has 0 amide bonds. The highest BCUT2D eigenvalue weighted by molar-refractivity contribution is 6.43. The van der Waals surface area contributed by atoms with Gasteiger partial charge in [-0.2, -0.15) is 5.26 Å². The van der Waals surface area contributed by atoms with Gasteiger partial charge in [-0.1, -0.05) is 31.1 Å². The summed E-state index contributed by atoms with van der Waals surface area (Å²) in [4.78, 5) is 0. The Kier molecular flexibility index (Phi) is 4.78. The van der Waals surface area contributed by atoms with E-state index in [2.05, 4.69) is 36.9 Å². The number of allylic oxidation sites excluding steroid dienone is 1. The summed E-state index contributed by atoms with van der Waals surface area (Å²) in [5, 5.41) is 8.80. The van der Waals surface area contributed by atoms with Gasteiger partial charge in [-0.15, -0.1) is 5.70 Å². The van der Waals surface area contributed by atoms with E-state index >= 15 is 0 Å². The third-order valence-corrected chi connectivity index (χ3v) is 6.29. The molecule has 1 fully saturated rings. The fourth-order valence-electron chi connectivity index (χ4n) is 2.89. The molecule has 0 saturated heterocycles. The molecule has 1 aromatic carbocycles. The monoisotopic (exact) mass is 255 g/mol. The first kappa shape index (κ1) is 13.1. The Morgan fingerprint density at radius 3 is 2.39 bits per heavy atom. The molecular formula is C16H21NSi. The van der Waals surface area contributed by atoms with Crippen LogP contribution in [-0.4, -0.2) is 9.52 Å². The van der Waals surface area contributed by atoms with Gasteiger partial charge in [0.25, 0.3) is 0 Å². The second-order valence-electron chi connectivity index (χ2n) is 5.26. The smallest absolute Gasteiger partial charge is 0.0991 e. The predicted octanol–water partition coefficient (Wildman–Crippen LogP) is 3.71. The molecule has 1 nitrogen and oxygen atoms in total. The summed E-state index contributed by atoms with van der Waals surface area (Å²) in [6.07, 6.45) is 7.70. The van der Waals surface area contributed by atoms with Crippen LogP contribution < -0.4 is 0 Å². The third kappa shape index (κ3) is 3.33. The van der Waals surface area contributed by atoms with Crippen LogP contribution in [0.4, 0.5) is 0 Å². The Labute approximate surface area is 112 Å². The molecule has 0 heterocycles. The molecule has 94 valence electrons. The lowest BCUT2D eigenvalue weighted by Crippen LogP contribution is -2.13. The predicted molar refractivity (Wildman–Crippen MR) is 79.5 cm³/mol. The maximum atomic E-state index is 8.80. The summed E-state index contributed by atoms with van der Waals surface area (Å²) in [6, 6.07) is 10.4. The van der Waals surface area contributed by atoms with Crippen molar-refractivity contribution in [2.75, 3.05) is 0 Å². The van der Waals surface area contributed by atoms with E-state index in [1.807, 2.05) is 12.1 Å². The molecule has 0 aromatic heterocycles. The molecule has 0 bridgehead atoms. The number of hydrogen-bond donors (Lipinski definition) is 0. The Morgan fingerprint density at radius 1 is 1.17 bits per heavy atom. The fraction of sp³-hybridized carbons (Fsp3) is 0.438. The van der Waals surface area contributed by atoms with Gasteiger partial charge >= 0.3 is 0 Å². The fourth-order valence-corrected chi connectivity index (χ4v) is 4.49.